The van der Waals surface area contributed by atoms with Gasteiger partial charge in [-0.1, -0.05) is 0 Å². The van der Waals surface area contributed by atoms with Crippen molar-refractivity contribution in [2.75, 3.05) is 6.54 Å². The van der Waals surface area contributed by atoms with Gasteiger partial charge in [0.05, 0.1) is 6.54 Å². The normalized spacial score (nSPS) is 27.3. The summed E-state index contributed by atoms with van der Waals surface area (Å²) < 4.78 is 0. The monoisotopic (exact) mass is 213 g/mol. The van der Waals surface area contributed by atoms with Crippen molar-refractivity contribution in [1.82, 2.24) is 4.90 Å². The zero-order valence-corrected chi connectivity index (χ0v) is 9.78. The summed E-state index contributed by atoms with van der Waals surface area (Å²) in [5.41, 5.74) is 11.1. The van der Waals surface area contributed by atoms with Gasteiger partial charge in [-0.05, 0) is 39.5 Å². The van der Waals surface area contributed by atoms with Crippen molar-refractivity contribution in [3.63, 3.8) is 0 Å². The Hall–Kier alpha value is -0.610. The van der Waals surface area contributed by atoms with E-state index in [1.165, 1.54) is 0 Å². The summed E-state index contributed by atoms with van der Waals surface area (Å²) in [5, 5.41) is 0. The highest BCUT2D eigenvalue weighted by Gasteiger charge is 2.26. The van der Waals surface area contributed by atoms with Gasteiger partial charge in [0, 0.05) is 18.1 Å². The van der Waals surface area contributed by atoms with Crippen molar-refractivity contribution in [2.45, 2.75) is 57.7 Å². The molecule has 1 aliphatic rings. The van der Waals surface area contributed by atoms with Crippen LogP contribution in [0, 0.1) is 0 Å². The van der Waals surface area contributed by atoms with E-state index in [2.05, 4.69) is 18.7 Å². The third-order valence-corrected chi connectivity index (χ3v) is 3.21. The average Bonchev–Trinajstić information content (AvgIpc) is 2.15. The lowest BCUT2D eigenvalue weighted by Gasteiger charge is -2.37. The van der Waals surface area contributed by atoms with Crippen LogP contribution in [-0.2, 0) is 4.79 Å². The molecule has 0 aromatic rings. The molecule has 0 aromatic carbocycles. The number of nitrogens with two attached hydrogens (primary N) is 2. The highest BCUT2D eigenvalue weighted by atomic mass is 16.1. The molecule has 1 rings (SSSR count). The Morgan fingerprint density at radius 2 is 1.87 bits per heavy atom. The second-order valence-electron chi connectivity index (χ2n) is 4.80. The van der Waals surface area contributed by atoms with E-state index in [4.69, 9.17) is 11.5 Å². The molecule has 0 heterocycles. The van der Waals surface area contributed by atoms with E-state index in [9.17, 15) is 4.79 Å². The molecule has 0 aromatic heterocycles. The summed E-state index contributed by atoms with van der Waals surface area (Å²) in [7, 11) is 0. The Morgan fingerprint density at radius 3 is 2.27 bits per heavy atom. The maximum absolute atomic E-state index is 11.0. The van der Waals surface area contributed by atoms with E-state index in [0.717, 1.165) is 25.7 Å². The van der Waals surface area contributed by atoms with Crippen LogP contribution in [0.2, 0.25) is 0 Å². The molecule has 1 fully saturated rings. The SMILES string of the molecule is CC(C)N(CC(N)=O)C1CCC(N)CC1. The van der Waals surface area contributed by atoms with Gasteiger partial charge in [-0.25, -0.2) is 0 Å². The van der Waals surface area contributed by atoms with Crippen LogP contribution in [0.5, 0.6) is 0 Å². The molecule has 4 nitrogen and oxygen atoms in total. The fraction of sp³-hybridized carbons (Fsp3) is 0.909. The topological polar surface area (TPSA) is 72.3 Å². The Bertz CT molecular complexity index is 210. The van der Waals surface area contributed by atoms with E-state index < -0.39 is 0 Å². The number of carbonyl (C=O) groups is 1. The minimum atomic E-state index is -0.237. The molecule has 0 saturated heterocycles. The van der Waals surface area contributed by atoms with E-state index in [1.54, 1.807) is 0 Å². The summed E-state index contributed by atoms with van der Waals surface area (Å²) in [6, 6.07) is 1.21. The molecular formula is C11H23N3O. The molecular weight excluding hydrogens is 190 g/mol. The third kappa shape index (κ3) is 3.80. The lowest BCUT2D eigenvalue weighted by Crippen LogP contribution is -2.47. The number of nitrogens with zero attached hydrogens (tertiary/aromatic N) is 1. The highest BCUT2D eigenvalue weighted by Crippen LogP contribution is 2.23. The van der Waals surface area contributed by atoms with Gasteiger partial charge in [0.2, 0.25) is 5.91 Å². The first-order valence-electron chi connectivity index (χ1n) is 5.80. The molecule has 1 saturated carbocycles. The Labute approximate surface area is 92.0 Å². The number of amides is 1. The number of rotatable bonds is 4. The standard InChI is InChI=1S/C11H23N3O/c1-8(2)14(7-11(13)15)10-5-3-9(12)4-6-10/h8-10H,3-7,12H2,1-2H3,(H2,13,15). The van der Waals surface area contributed by atoms with E-state index >= 15 is 0 Å². The van der Waals surface area contributed by atoms with E-state index in [-0.39, 0.29) is 5.91 Å². The van der Waals surface area contributed by atoms with Crippen LogP contribution in [-0.4, -0.2) is 35.5 Å². The van der Waals surface area contributed by atoms with Crippen molar-refractivity contribution in [2.24, 2.45) is 11.5 Å². The van der Waals surface area contributed by atoms with Crippen molar-refractivity contribution < 1.29 is 4.79 Å². The van der Waals surface area contributed by atoms with E-state index in [1.807, 2.05) is 0 Å². The van der Waals surface area contributed by atoms with Gasteiger partial charge in [0.25, 0.3) is 0 Å². The minimum Gasteiger partial charge on any atom is -0.369 e. The minimum absolute atomic E-state index is 0.237. The predicted molar refractivity (Wildman–Crippen MR) is 61.3 cm³/mol. The molecule has 1 aliphatic carbocycles. The predicted octanol–water partition coefficient (Wildman–Crippen LogP) is 0.452. The molecule has 1 amide bonds. The molecule has 88 valence electrons. The van der Waals surface area contributed by atoms with Crippen molar-refractivity contribution in [3.8, 4) is 0 Å². The summed E-state index contributed by atoms with van der Waals surface area (Å²) in [6.07, 6.45) is 4.30. The van der Waals surface area contributed by atoms with Crippen LogP contribution in [0.15, 0.2) is 0 Å². The fourth-order valence-electron chi connectivity index (χ4n) is 2.35. The summed E-state index contributed by atoms with van der Waals surface area (Å²) in [6.45, 7) is 4.59. The molecule has 0 spiro atoms. The van der Waals surface area contributed by atoms with Crippen molar-refractivity contribution in [1.29, 1.82) is 0 Å². The Kier molecular flexibility index (Phi) is 4.54. The number of hydrogen-bond acceptors (Lipinski definition) is 3. The maximum atomic E-state index is 11.0. The van der Waals surface area contributed by atoms with Gasteiger partial charge in [0.15, 0.2) is 0 Å². The first-order chi connectivity index (χ1) is 7.00. The molecule has 0 unspecified atom stereocenters. The van der Waals surface area contributed by atoms with Crippen molar-refractivity contribution >= 4 is 5.91 Å². The highest BCUT2D eigenvalue weighted by molar-refractivity contribution is 5.76. The molecule has 4 N–H and O–H groups in total. The van der Waals surface area contributed by atoms with Gasteiger partial charge in [0.1, 0.15) is 0 Å². The smallest absolute Gasteiger partial charge is 0.231 e. The van der Waals surface area contributed by atoms with Gasteiger partial charge in [-0.2, -0.15) is 0 Å². The van der Waals surface area contributed by atoms with Crippen LogP contribution in [0.1, 0.15) is 39.5 Å². The van der Waals surface area contributed by atoms with Gasteiger partial charge in [-0.3, -0.25) is 9.69 Å². The van der Waals surface area contributed by atoms with Gasteiger partial charge >= 0.3 is 0 Å². The van der Waals surface area contributed by atoms with Gasteiger partial charge < -0.3 is 11.5 Å². The first kappa shape index (κ1) is 12.5. The summed E-state index contributed by atoms with van der Waals surface area (Å²) >= 11 is 0. The summed E-state index contributed by atoms with van der Waals surface area (Å²) in [4.78, 5) is 13.2. The first-order valence-corrected chi connectivity index (χ1v) is 5.80. The average molecular weight is 213 g/mol. The number of carbonyl (C=O) groups excluding carboxylic acids is 1. The molecule has 0 bridgehead atoms. The zero-order valence-electron chi connectivity index (χ0n) is 9.78. The quantitative estimate of drug-likeness (QED) is 0.712. The lowest BCUT2D eigenvalue weighted by atomic mass is 9.90. The molecule has 0 radical (unpaired) electrons. The summed E-state index contributed by atoms with van der Waals surface area (Å²) in [5.74, 6) is -0.237. The van der Waals surface area contributed by atoms with E-state index in [0.29, 0.717) is 24.7 Å². The number of hydrogen-bond donors (Lipinski definition) is 2. The zero-order chi connectivity index (χ0) is 11.4. The Morgan fingerprint density at radius 1 is 1.33 bits per heavy atom. The lowest BCUT2D eigenvalue weighted by molar-refractivity contribution is -0.120. The maximum Gasteiger partial charge on any atom is 0.231 e. The second kappa shape index (κ2) is 5.47. The molecule has 15 heavy (non-hydrogen) atoms. The van der Waals surface area contributed by atoms with Crippen LogP contribution in [0.4, 0.5) is 0 Å². The van der Waals surface area contributed by atoms with Gasteiger partial charge in [-0.15, -0.1) is 0 Å². The van der Waals surface area contributed by atoms with Crippen LogP contribution >= 0.6 is 0 Å². The number of primary amides is 1. The van der Waals surface area contributed by atoms with Crippen LogP contribution in [0.25, 0.3) is 0 Å². The van der Waals surface area contributed by atoms with Crippen molar-refractivity contribution in [3.05, 3.63) is 0 Å². The molecule has 0 atom stereocenters. The third-order valence-electron chi connectivity index (χ3n) is 3.21. The van der Waals surface area contributed by atoms with Crippen LogP contribution < -0.4 is 11.5 Å². The second-order valence-corrected chi connectivity index (χ2v) is 4.80. The molecule has 0 aliphatic heterocycles. The van der Waals surface area contributed by atoms with Crippen LogP contribution in [0.3, 0.4) is 0 Å². The fourth-order valence-corrected chi connectivity index (χ4v) is 2.35. The molecule has 4 heteroatoms. The Balaban J connectivity index is 2.52. The largest absolute Gasteiger partial charge is 0.369 e.